The molecule has 1 aliphatic heterocycles. The van der Waals surface area contributed by atoms with Crippen LogP contribution in [0.15, 0.2) is 48.7 Å². The molecule has 1 atom stereocenters. The number of hydrogen-bond donors (Lipinski definition) is 1. The summed E-state index contributed by atoms with van der Waals surface area (Å²) in [6.45, 7) is 2.73. The maximum atomic E-state index is 5.65. The van der Waals surface area contributed by atoms with E-state index in [9.17, 15) is 0 Å². The molecular formula is C13H15NO. The van der Waals surface area contributed by atoms with E-state index >= 15 is 0 Å². The van der Waals surface area contributed by atoms with Crippen molar-refractivity contribution in [2.45, 2.75) is 13.0 Å². The van der Waals surface area contributed by atoms with Crippen LogP contribution in [0.2, 0.25) is 0 Å². The molecule has 2 rings (SSSR count). The lowest BCUT2D eigenvalue weighted by Gasteiger charge is -2.16. The molecular weight excluding hydrogens is 186 g/mol. The summed E-state index contributed by atoms with van der Waals surface area (Å²) in [6, 6.07) is 8.38. The topological polar surface area (TPSA) is 21.3 Å². The fourth-order valence-corrected chi connectivity index (χ4v) is 1.41. The molecule has 0 aromatic heterocycles. The van der Waals surface area contributed by atoms with E-state index in [1.165, 1.54) is 5.56 Å². The number of rotatable bonds is 3. The van der Waals surface area contributed by atoms with Crippen molar-refractivity contribution in [3.05, 3.63) is 54.3 Å². The van der Waals surface area contributed by atoms with Gasteiger partial charge in [0.15, 0.2) is 0 Å². The van der Waals surface area contributed by atoms with E-state index in [-0.39, 0.29) is 6.04 Å². The summed E-state index contributed by atoms with van der Waals surface area (Å²) in [5.41, 5.74) is 1.25. The lowest BCUT2D eigenvalue weighted by molar-refractivity contribution is 0.294. The Morgan fingerprint density at radius 3 is 2.67 bits per heavy atom. The average Bonchev–Trinajstić information content (AvgIpc) is 2.30. The third-order valence-electron chi connectivity index (χ3n) is 2.31. The Balaban J connectivity index is 1.85. The van der Waals surface area contributed by atoms with Gasteiger partial charge in [-0.15, -0.1) is 0 Å². The molecule has 78 valence electrons. The smallest absolute Gasteiger partial charge is 0.119 e. The van der Waals surface area contributed by atoms with Gasteiger partial charge >= 0.3 is 0 Å². The average molecular weight is 201 g/mol. The Kier molecular flexibility index (Phi) is 3.08. The first-order valence-electron chi connectivity index (χ1n) is 5.13. The van der Waals surface area contributed by atoms with Crippen LogP contribution in [0.3, 0.4) is 0 Å². The Bertz CT molecular complexity index is 365. The maximum Gasteiger partial charge on any atom is 0.119 e. The molecule has 0 fully saturated rings. The van der Waals surface area contributed by atoms with Gasteiger partial charge in [-0.25, -0.2) is 0 Å². The molecule has 0 aliphatic carbocycles. The van der Waals surface area contributed by atoms with E-state index in [1.807, 2.05) is 30.5 Å². The number of aryl methyl sites for hydroxylation is 1. The van der Waals surface area contributed by atoms with Gasteiger partial charge in [0.25, 0.3) is 0 Å². The highest BCUT2D eigenvalue weighted by atomic mass is 16.5. The lowest BCUT2D eigenvalue weighted by Crippen LogP contribution is -2.30. The predicted octanol–water partition coefficient (Wildman–Crippen LogP) is 2.42. The number of ether oxygens (including phenoxy) is 1. The molecule has 0 radical (unpaired) electrons. The Morgan fingerprint density at radius 1 is 1.20 bits per heavy atom. The van der Waals surface area contributed by atoms with Crippen LogP contribution in [0.4, 0.5) is 0 Å². The molecule has 0 saturated heterocycles. The fourth-order valence-electron chi connectivity index (χ4n) is 1.41. The molecule has 1 heterocycles. The summed E-state index contributed by atoms with van der Waals surface area (Å²) in [5, 5.41) is 3.21. The normalized spacial score (nSPS) is 18.6. The van der Waals surface area contributed by atoms with Crippen molar-refractivity contribution >= 4 is 0 Å². The first-order valence-corrected chi connectivity index (χ1v) is 5.13. The molecule has 0 bridgehead atoms. The number of benzene rings is 1. The Labute approximate surface area is 90.3 Å². The molecule has 2 heteroatoms. The monoisotopic (exact) mass is 201 g/mol. The zero-order chi connectivity index (χ0) is 10.5. The zero-order valence-corrected chi connectivity index (χ0v) is 8.81. The molecule has 0 amide bonds. The van der Waals surface area contributed by atoms with Crippen LogP contribution in [-0.2, 0) is 0 Å². The zero-order valence-electron chi connectivity index (χ0n) is 8.81. The quantitative estimate of drug-likeness (QED) is 0.811. The standard InChI is InChI=1S/C13H15NO/c1-11-5-7-13(8-6-11)15-10-12-4-2-3-9-14-12/h2-9,12,14H,10H2,1H3. The number of hydrogen-bond acceptors (Lipinski definition) is 2. The molecule has 1 aromatic carbocycles. The van der Waals surface area contributed by atoms with Gasteiger partial charge in [-0.05, 0) is 31.3 Å². The van der Waals surface area contributed by atoms with Crippen molar-refractivity contribution in [3.63, 3.8) is 0 Å². The fraction of sp³-hybridized carbons (Fsp3) is 0.231. The van der Waals surface area contributed by atoms with Crippen LogP contribution in [-0.4, -0.2) is 12.6 Å². The summed E-state index contributed by atoms with van der Waals surface area (Å²) in [4.78, 5) is 0. The van der Waals surface area contributed by atoms with Crippen LogP contribution in [0.5, 0.6) is 5.75 Å². The van der Waals surface area contributed by atoms with Crippen molar-refractivity contribution in [2.24, 2.45) is 0 Å². The van der Waals surface area contributed by atoms with Crippen molar-refractivity contribution < 1.29 is 4.74 Å². The summed E-state index contributed by atoms with van der Waals surface area (Å²) < 4.78 is 5.65. The van der Waals surface area contributed by atoms with Gasteiger partial charge in [0.1, 0.15) is 12.4 Å². The summed E-state index contributed by atoms with van der Waals surface area (Å²) in [7, 11) is 0. The highest BCUT2D eigenvalue weighted by molar-refractivity contribution is 5.26. The van der Waals surface area contributed by atoms with Crippen LogP contribution >= 0.6 is 0 Å². The number of dihydropyridines is 1. The SMILES string of the molecule is Cc1ccc(OCC2C=CC=CN2)cc1. The second-order valence-corrected chi connectivity index (χ2v) is 3.64. The summed E-state index contributed by atoms with van der Waals surface area (Å²) in [6.07, 6.45) is 8.03. The molecule has 1 aliphatic rings. The van der Waals surface area contributed by atoms with Gasteiger partial charge in [-0.1, -0.05) is 29.8 Å². The third kappa shape index (κ3) is 2.88. The van der Waals surface area contributed by atoms with Gasteiger partial charge in [-0.3, -0.25) is 0 Å². The predicted molar refractivity (Wildman–Crippen MR) is 61.9 cm³/mol. The van der Waals surface area contributed by atoms with Gasteiger partial charge in [-0.2, -0.15) is 0 Å². The van der Waals surface area contributed by atoms with Gasteiger partial charge in [0.2, 0.25) is 0 Å². The molecule has 0 saturated carbocycles. The number of allylic oxidation sites excluding steroid dienone is 2. The second kappa shape index (κ2) is 4.69. The molecule has 1 unspecified atom stereocenters. The van der Waals surface area contributed by atoms with E-state index in [4.69, 9.17) is 4.74 Å². The van der Waals surface area contributed by atoms with Gasteiger partial charge < -0.3 is 10.1 Å². The minimum absolute atomic E-state index is 0.274. The highest BCUT2D eigenvalue weighted by Gasteiger charge is 2.04. The van der Waals surface area contributed by atoms with E-state index in [0.717, 1.165) is 5.75 Å². The molecule has 1 N–H and O–H groups in total. The third-order valence-corrected chi connectivity index (χ3v) is 2.31. The first-order chi connectivity index (χ1) is 7.34. The maximum absolute atomic E-state index is 5.65. The minimum atomic E-state index is 0.274. The Morgan fingerprint density at radius 2 is 2.00 bits per heavy atom. The van der Waals surface area contributed by atoms with Crippen LogP contribution in [0.25, 0.3) is 0 Å². The van der Waals surface area contributed by atoms with Crippen LogP contribution < -0.4 is 10.1 Å². The largest absolute Gasteiger partial charge is 0.491 e. The minimum Gasteiger partial charge on any atom is -0.491 e. The van der Waals surface area contributed by atoms with Gasteiger partial charge in [0.05, 0.1) is 6.04 Å². The van der Waals surface area contributed by atoms with Gasteiger partial charge in [0, 0.05) is 0 Å². The van der Waals surface area contributed by atoms with E-state index in [0.29, 0.717) is 6.61 Å². The molecule has 1 aromatic rings. The van der Waals surface area contributed by atoms with Crippen LogP contribution in [0, 0.1) is 6.92 Å². The van der Waals surface area contributed by atoms with Crippen molar-refractivity contribution in [1.29, 1.82) is 0 Å². The number of nitrogens with one attached hydrogen (secondary N) is 1. The van der Waals surface area contributed by atoms with E-state index in [2.05, 4.69) is 30.4 Å². The summed E-state index contributed by atoms with van der Waals surface area (Å²) in [5.74, 6) is 0.922. The Hall–Kier alpha value is -1.70. The van der Waals surface area contributed by atoms with Crippen molar-refractivity contribution in [2.75, 3.05) is 6.61 Å². The summed E-state index contributed by atoms with van der Waals surface area (Å²) >= 11 is 0. The van der Waals surface area contributed by atoms with E-state index < -0.39 is 0 Å². The van der Waals surface area contributed by atoms with Crippen molar-refractivity contribution in [3.8, 4) is 5.75 Å². The first kappa shape index (κ1) is 9.84. The second-order valence-electron chi connectivity index (χ2n) is 3.64. The van der Waals surface area contributed by atoms with E-state index in [1.54, 1.807) is 0 Å². The molecule has 2 nitrogen and oxygen atoms in total. The van der Waals surface area contributed by atoms with Crippen molar-refractivity contribution in [1.82, 2.24) is 5.32 Å². The molecule has 0 spiro atoms. The highest BCUT2D eigenvalue weighted by Crippen LogP contribution is 2.11. The lowest BCUT2D eigenvalue weighted by atomic mass is 10.2. The van der Waals surface area contributed by atoms with Crippen LogP contribution in [0.1, 0.15) is 5.56 Å². The molecule has 15 heavy (non-hydrogen) atoms.